The predicted molar refractivity (Wildman–Crippen MR) is 67.2 cm³/mol. The second-order valence-corrected chi connectivity index (χ2v) is 3.91. The number of aromatic hydroxyl groups is 1. The Labute approximate surface area is 104 Å². The lowest BCUT2D eigenvalue weighted by molar-refractivity contribution is 0.102. The van der Waals surface area contributed by atoms with Crippen LogP contribution in [0.15, 0.2) is 42.5 Å². The first-order chi connectivity index (χ1) is 8.58. The van der Waals surface area contributed by atoms with Crippen LogP contribution in [0.4, 0.5) is 10.1 Å². The third-order valence-corrected chi connectivity index (χ3v) is 2.64. The summed E-state index contributed by atoms with van der Waals surface area (Å²) in [6.45, 7) is 1.69. The number of nitrogens with one attached hydrogen (secondary N) is 1. The van der Waals surface area contributed by atoms with E-state index in [0.717, 1.165) is 6.07 Å². The van der Waals surface area contributed by atoms with Crippen LogP contribution in [0, 0.1) is 12.7 Å². The molecule has 0 spiro atoms. The van der Waals surface area contributed by atoms with Crippen LogP contribution in [0.2, 0.25) is 0 Å². The Balaban J connectivity index is 2.24. The third kappa shape index (κ3) is 2.48. The molecule has 1 amide bonds. The molecular weight excluding hydrogens is 233 g/mol. The van der Waals surface area contributed by atoms with Gasteiger partial charge in [0.25, 0.3) is 5.91 Å². The van der Waals surface area contributed by atoms with Crippen LogP contribution < -0.4 is 5.32 Å². The summed E-state index contributed by atoms with van der Waals surface area (Å²) in [6, 6.07) is 10.3. The van der Waals surface area contributed by atoms with Crippen molar-refractivity contribution in [3.05, 3.63) is 59.4 Å². The molecule has 0 saturated carbocycles. The average Bonchev–Trinajstić information content (AvgIpc) is 2.35. The van der Waals surface area contributed by atoms with Crippen molar-refractivity contribution in [2.24, 2.45) is 0 Å². The van der Waals surface area contributed by atoms with Crippen molar-refractivity contribution in [1.82, 2.24) is 0 Å². The summed E-state index contributed by atoms with van der Waals surface area (Å²) in [6.07, 6.45) is 0. The number of hydrogen-bond donors (Lipinski definition) is 2. The zero-order chi connectivity index (χ0) is 13.1. The Bertz CT molecular complexity index is 596. The van der Waals surface area contributed by atoms with Gasteiger partial charge in [-0.3, -0.25) is 4.79 Å². The second kappa shape index (κ2) is 4.87. The van der Waals surface area contributed by atoms with Gasteiger partial charge in [-0.15, -0.1) is 0 Å². The summed E-state index contributed by atoms with van der Waals surface area (Å²) in [4.78, 5) is 11.9. The topological polar surface area (TPSA) is 49.3 Å². The van der Waals surface area contributed by atoms with Gasteiger partial charge in [-0.2, -0.15) is 0 Å². The summed E-state index contributed by atoms with van der Waals surface area (Å²) in [5.41, 5.74) is 1.31. The number of hydrogen-bond acceptors (Lipinski definition) is 2. The van der Waals surface area contributed by atoms with Gasteiger partial charge in [0.2, 0.25) is 0 Å². The Morgan fingerprint density at radius 1 is 1.22 bits per heavy atom. The Morgan fingerprint density at radius 2 is 1.94 bits per heavy atom. The molecule has 0 unspecified atom stereocenters. The zero-order valence-corrected chi connectivity index (χ0v) is 9.77. The lowest BCUT2D eigenvalue weighted by atomic mass is 10.1. The monoisotopic (exact) mass is 245 g/mol. The van der Waals surface area contributed by atoms with Gasteiger partial charge in [-0.05, 0) is 37.3 Å². The largest absolute Gasteiger partial charge is 0.508 e. The quantitative estimate of drug-likeness (QED) is 0.854. The first-order valence-corrected chi connectivity index (χ1v) is 5.43. The predicted octanol–water partition coefficient (Wildman–Crippen LogP) is 3.09. The molecule has 4 heteroatoms. The Kier molecular flexibility index (Phi) is 3.28. The van der Waals surface area contributed by atoms with Gasteiger partial charge in [0.1, 0.15) is 11.6 Å². The lowest BCUT2D eigenvalue weighted by Gasteiger charge is -2.09. The van der Waals surface area contributed by atoms with Crippen LogP contribution in [-0.2, 0) is 0 Å². The van der Waals surface area contributed by atoms with Gasteiger partial charge in [-0.1, -0.05) is 12.1 Å². The molecule has 0 saturated heterocycles. The number of anilines is 1. The first kappa shape index (κ1) is 12.1. The molecule has 0 radical (unpaired) electrons. The highest BCUT2D eigenvalue weighted by atomic mass is 19.1. The fourth-order valence-electron chi connectivity index (χ4n) is 1.58. The summed E-state index contributed by atoms with van der Waals surface area (Å²) in [5.74, 6) is -0.773. The van der Waals surface area contributed by atoms with Crippen molar-refractivity contribution in [2.45, 2.75) is 6.92 Å². The Morgan fingerprint density at radius 3 is 2.67 bits per heavy atom. The van der Waals surface area contributed by atoms with E-state index in [1.165, 1.54) is 24.3 Å². The molecule has 0 heterocycles. The van der Waals surface area contributed by atoms with E-state index in [0.29, 0.717) is 11.3 Å². The van der Waals surface area contributed by atoms with E-state index in [1.54, 1.807) is 19.1 Å². The van der Waals surface area contributed by atoms with Crippen molar-refractivity contribution >= 4 is 11.6 Å². The van der Waals surface area contributed by atoms with E-state index >= 15 is 0 Å². The number of amides is 1. The molecule has 0 aliphatic carbocycles. The van der Waals surface area contributed by atoms with E-state index in [1.807, 2.05) is 0 Å². The molecule has 18 heavy (non-hydrogen) atoms. The van der Waals surface area contributed by atoms with Crippen LogP contribution in [0.3, 0.4) is 0 Å². The number of carbonyl (C=O) groups is 1. The molecule has 2 rings (SSSR count). The molecule has 0 fully saturated rings. The minimum atomic E-state index is -0.463. The van der Waals surface area contributed by atoms with Crippen molar-refractivity contribution in [3.8, 4) is 5.75 Å². The number of benzene rings is 2. The first-order valence-electron chi connectivity index (χ1n) is 5.43. The van der Waals surface area contributed by atoms with E-state index in [-0.39, 0.29) is 11.3 Å². The molecule has 0 aromatic heterocycles. The maximum atomic E-state index is 13.0. The molecular formula is C14H12FNO2. The minimum Gasteiger partial charge on any atom is -0.508 e. The number of halogens is 1. The minimum absolute atomic E-state index is 0.104. The molecule has 0 atom stereocenters. The van der Waals surface area contributed by atoms with Gasteiger partial charge in [-0.25, -0.2) is 4.39 Å². The van der Waals surface area contributed by atoms with Crippen LogP contribution >= 0.6 is 0 Å². The number of carbonyl (C=O) groups excluding carboxylic acids is 1. The zero-order valence-electron chi connectivity index (χ0n) is 9.77. The number of rotatable bonds is 2. The standard InChI is InChI=1S/C14H12FNO2/c1-9-12(6-3-7-13(9)17)16-14(18)10-4-2-5-11(15)8-10/h2-8,17H,1H3,(H,16,18). The number of phenols is 1. The summed E-state index contributed by atoms with van der Waals surface area (Å²) < 4.78 is 13.0. The summed E-state index contributed by atoms with van der Waals surface area (Å²) >= 11 is 0. The fraction of sp³-hybridized carbons (Fsp3) is 0.0714. The van der Waals surface area contributed by atoms with Crippen LogP contribution in [0.1, 0.15) is 15.9 Å². The lowest BCUT2D eigenvalue weighted by Crippen LogP contribution is -2.12. The fourth-order valence-corrected chi connectivity index (χ4v) is 1.58. The molecule has 0 bridgehead atoms. The normalized spacial score (nSPS) is 10.1. The molecule has 2 N–H and O–H groups in total. The van der Waals surface area contributed by atoms with Crippen LogP contribution in [0.25, 0.3) is 0 Å². The van der Waals surface area contributed by atoms with E-state index in [2.05, 4.69) is 5.32 Å². The van der Waals surface area contributed by atoms with Crippen molar-refractivity contribution < 1.29 is 14.3 Å². The molecule has 2 aromatic carbocycles. The maximum absolute atomic E-state index is 13.0. The summed E-state index contributed by atoms with van der Waals surface area (Å²) in [5, 5.41) is 12.1. The molecule has 0 aliphatic rings. The van der Waals surface area contributed by atoms with Crippen LogP contribution in [0.5, 0.6) is 5.75 Å². The third-order valence-electron chi connectivity index (χ3n) is 2.64. The highest BCUT2D eigenvalue weighted by molar-refractivity contribution is 6.04. The van der Waals surface area contributed by atoms with E-state index in [4.69, 9.17) is 0 Å². The van der Waals surface area contributed by atoms with Gasteiger partial charge in [0, 0.05) is 16.8 Å². The van der Waals surface area contributed by atoms with Gasteiger partial charge in [0.05, 0.1) is 0 Å². The average molecular weight is 245 g/mol. The van der Waals surface area contributed by atoms with Crippen LogP contribution in [-0.4, -0.2) is 11.0 Å². The van der Waals surface area contributed by atoms with E-state index in [9.17, 15) is 14.3 Å². The number of phenolic OH excluding ortho intramolecular Hbond substituents is 1. The highest BCUT2D eigenvalue weighted by Crippen LogP contribution is 2.24. The molecule has 2 aromatic rings. The maximum Gasteiger partial charge on any atom is 0.255 e. The van der Waals surface area contributed by atoms with Crippen molar-refractivity contribution in [1.29, 1.82) is 0 Å². The summed E-state index contributed by atoms with van der Waals surface area (Å²) in [7, 11) is 0. The van der Waals surface area contributed by atoms with Gasteiger partial charge < -0.3 is 10.4 Å². The van der Waals surface area contributed by atoms with Gasteiger partial charge in [0.15, 0.2) is 0 Å². The van der Waals surface area contributed by atoms with Crippen molar-refractivity contribution in [3.63, 3.8) is 0 Å². The SMILES string of the molecule is Cc1c(O)cccc1NC(=O)c1cccc(F)c1. The van der Waals surface area contributed by atoms with Crippen molar-refractivity contribution in [2.75, 3.05) is 5.32 Å². The molecule has 3 nitrogen and oxygen atoms in total. The Hall–Kier alpha value is -2.36. The van der Waals surface area contributed by atoms with Gasteiger partial charge >= 0.3 is 0 Å². The second-order valence-electron chi connectivity index (χ2n) is 3.91. The highest BCUT2D eigenvalue weighted by Gasteiger charge is 2.09. The molecule has 0 aliphatic heterocycles. The molecule has 92 valence electrons. The van der Waals surface area contributed by atoms with E-state index < -0.39 is 11.7 Å². The smallest absolute Gasteiger partial charge is 0.255 e.